The average molecular weight is 298 g/mol. The van der Waals surface area contributed by atoms with E-state index in [2.05, 4.69) is 12.2 Å². The van der Waals surface area contributed by atoms with Crippen LogP contribution in [-0.4, -0.2) is 26.1 Å². The van der Waals surface area contributed by atoms with E-state index in [-0.39, 0.29) is 10.6 Å². The molecule has 1 fully saturated rings. The van der Waals surface area contributed by atoms with E-state index < -0.39 is 14.8 Å². The molecule has 0 saturated heterocycles. The van der Waals surface area contributed by atoms with Crippen molar-refractivity contribution >= 4 is 21.2 Å². The summed E-state index contributed by atoms with van der Waals surface area (Å²) in [5.74, 6) is 0. The Labute approximate surface area is 118 Å². The Kier molecular flexibility index (Phi) is 3.73. The van der Waals surface area contributed by atoms with Crippen molar-refractivity contribution in [2.75, 3.05) is 18.1 Å². The second kappa shape index (κ2) is 5.05. The van der Waals surface area contributed by atoms with Crippen molar-refractivity contribution in [3.63, 3.8) is 0 Å². The molecule has 0 bridgehead atoms. The number of nitro groups is 1. The maximum Gasteiger partial charge on any atom is 0.288 e. The summed E-state index contributed by atoms with van der Waals surface area (Å²) >= 11 is 0. The standard InChI is InChI=1S/C13H18N2O4S/c1-3-13(6-7-13)9-14-10-4-5-11(15(16)17)12(8-10)20(2,18)19/h4-5,8,14H,3,6-7,9H2,1-2H3. The van der Waals surface area contributed by atoms with Gasteiger partial charge in [-0.15, -0.1) is 0 Å². The van der Waals surface area contributed by atoms with E-state index in [0.717, 1.165) is 19.2 Å². The van der Waals surface area contributed by atoms with Crippen molar-refractivity contribution in [1.29, 1.82) is 0 Å². The quantitative estimate of drug-likeness (QED) is 0.644. The molecule has 1 N–H and O–H groups in total. The minimum Gasteiger partial charge on any atom is -0.384 e. The summed E-state index contributed by atoms with van der Waals surface area (Å²) in [6.07, 6.45) is 4.39. The fraction of sp³-hybridized carbons (Fsp3) is 0.538. The summed E-state index contributed by atoms with van der Waals surface area (Å²) in [4.78, 5) is 9.96. The Bertz CT molecular complexity index is 636. The second-order valence-corrected chi connectivity index (χ2v) is 7.40. The van der Waals surface area contributed by atoms with Crippen LogP contribution in [0.4, 0.5) is 11.4 Å². The van der Waals surface area contributed by atoms with Crippen LogP contribution in [0.2, 0.25) is 0 Å². The number of anilines is 1. The van der Waals surface area contributed by atoms with Gasteiger partial charge < -0.3 is 5.32 Å². The second-order valence-electron chi connectivity index (χ2n) is 5.42. The number of rotatable bonds is 6. The van der Waals surface area contributed by atoms with Crippen LogP contribution in [0.25, 0.3) is 0 Å². The zero-order chi connectivity index (χ0) is 15.0. The molecule has 1 aromatic carbocycles. The smallest absolute Gasteiger partial charge is 0.288 e. The Morgan fingerprint density at radius 1 is 1.40 bits per heavy atom. The largest absolute Gasteiger partial charge is 0.384 e. The Morgan fingerprint density at radius 3 is 2.50 bits per heavy atom. The predicted molar refractivity (Wildman–Crippen MR) is 76.7 cm³/mol. The van der Waals surface area contributed by atoms with Gasteiger partial charge >= 0.3 is 0 Å². The molecule has 0 radical (unpaired) electrons. The predicted octanol–water partition coefficient (Wildman–Crippen LogP) is 2.60. The number of hydrogen-bond donors (Lipinski definition) is 1. The number of nitrogens with zero attached hydrogens (tertiary/aromatic N) is 1. The third kappa shape index (κ3) is 3.09. The maximum absolute atomic E-state index is 11.6. The van der Waals surface area contributed by atoms with Gasteiger partial charge in [-0.25, -0.2) is 8.42 Å². The first-order valence-electron chi connectivity index (χ1n) is 6.50. The molecule has 7 heteroatoms. The third-order valence-corrected chi connectivity index (χ3v) is 5.06. The van der Waals surface area contributed by atoms with E-state index in [1.165, 1.54) is 25.0 Å². The molecule has 0 heterocycles. The molecule has 6 nitrogen and oxygen atoms in total. The van der Waals surface area contributed by atoms with Gasteiger partial charge in [0.05, 0.1) is 4.92 Å². The molecular formula is C13H18N2O4S. The van der Waals surface area contributed by atoms with Crippen molar-refractivity contribution in [3.8, 4) is 0 Å². The molecule has 20 heavy (non-hydrogen) atoms. The van der Waals surface area contributed by atoms with E-state index in [4.69, 9.17) is 0 Å². The fourth-order valence-electron chi connectivity index (χ4n) is 2.19. The molecule has 0 aliphatic heterocycles. The van der Waals surface area contributed by atoms with Gasteiger partial charge in [-0.05, 0) is 36.8 Å². The van der Waals surface area contributed by atoms with Crippen LogP contribution < -0.4 is 5.32 Å². The molecule has 1 saturated carbocycles. The number of hydrogen-bond acceptors (Lipinski definition) is 5. The first-order chi connectivity index (χ1) is 9.27. The monoisotopic (exact) mass is 298 g/mol. The van der Waals surface area contributed by atoms with E-state index in [9.17, 15) is 18.5 Å². The van der Waals surface area contributed by atoms with Gasteiger partial charge in [0, 0.05) is 24.6 Å². The minimum atomic E-state index is -3.63. The zero-order valence-electron chi connectivity index (χ0n) is 11.5. The van der Waals surface area contributed by atoms with E-state index in [1.54, 1.807) is 6.07 Å². The van der Waals surface area contributed by atoms with Gasteiger partial charge in [0.2, 0.25) is 0 Å². The molecule has 0 atom stereocenters. The van der Waals surface area contributed by atoms with Crippen molar-refractivity contribution in [2.45, 2.75) is 31.1 Å². The lowest BCUT2D eigenvalue weighted by Gasteiger charge is -2.15. The molecular weight excluding hydrogens is 280 g/mol. The summed E-state index contributed by atoms with van der Waals surface area (Å²) in [6, 6.07) is 4.14. The SMILES string of the molecule is CCC1(CNc2ccc([N+](=O)[O-])c(S(C)(=O)=O)c2)CC1. The molecule has 0 aromatic heterocycles. The lowest BCUT2D eigenvalue weighted by atomic mass is 10.0. The first kappa shape index (κ1) is 14.8. The van der Waals surface area contributed by atoms with Crippen LogP contribution in [0.15, 0.2) is 23.1 Å². The van der Waals surface area contributed by atoms with Crippen LogP contribution in [-0.2, 0) is 9.84 Å². The highest BCUT2D eigenvalue weighted by molar-refractivity contribution is 7.90. The fourth-order valence-corrected chi connectivity index (χ4v) is 3.06. The topological polar surface area (TPSA) is 89.3 Å². The van der Waals surface area contributed by atoms with Crippen molar-refractivity contribution in [3.05, 3.63) is 28.3 Å². The molecule has 0 amide bonds. The third-order valence-electron chi connectivity index (χ3n) is 3.93. The molecule has 0 unspecified atom stereocenters. The number of sulfone groups is 1. The Morgan fingerprint density at radius 2 is 2.05 bits per heavy atom. The van der Waals surface area contributed by atoms with E-state index in [0.29, 0.717) is 11.1 Å². The lowest BCUT2D eigenvalue weighted by Crippen LogP contribution is -2.14. The highest BCUT2D eigenvalue weighted by Gasteiger charge is 2.40. The minimum absolute atomic E-state index is 0.242. The summed E-state index contributed by atoms with van der Waals surface area (Å²) in [5.41, 5.74) is 0.540. The summed E-state index contributed by atoms with van der Waals surface area (Å²) in [6.45, 7) is 2.90. The van der Waals surface area contributed by atoms with Crippen molar-refractivity contribution in [2.24, 2.45) is 5.41 Å². The zero-order valence-corrected chi connectivity index (χ0v) is 12.4. The summed E-state index contributed by atoms with van der Waals surface area (Å²) in [5, 5.41) is 14.1. The lowest BCUT2D eigenvalue weighted by molar-refractivity contribution is -0.387. The van der Waals surface area contributed by atoms with Crippen LogP contribution in [0, 0.1) is 15.5 Å². The molecule has 1 aliphatic rings. The Hall–Kier alpha value is -1.63. The Balaban J connectivity index is 2.26. The van der Waals surface area contributed by atoms with Gasteiger partial charge in [-0.3, -0.25) is 10.1 Å². The molecule has 1 aliphatic carbocycles. The van der Waals surface area contributed by atoms with E-state index in [1.807, 2.05) is 0 Å². The van der Waals surface area contributed by atoms with Crippen molar-refractivity contribution < 1.29 is 13.3 Å². The molecule has 0 spiro atoms. The number of nitro benzene ring substituents is 1. The molecule has 2 rings (SSSR count). The van der Waals surface area contributed by atoms with Crippen molar-refractivity contribution in [1.82, 2.24) is 0 Å². The molecule has 110 valence electrons. The summed E-state index contributed by atoms with van der Waals surface area (Å²) < 4.78 is 23.3. The van der Waals surface area contributed by atoms with Crippen LogP contribution in [0.5, 0.6) is 0 Å². The maximum atomic E-state index is 11.6. The number of benzene rings is 1. The first-order valence-corrected chi connectivity index (χ1v) is 8.39. The summed E-state index contributed by atoms with van der Waals surface area (Å²) in [7, 11) is -3.63. The average Bonchev–Trinajstić information content (AvgIpc) is 3.15. The van der Waals surface area contributed by atoms with Crippen LogP contribution in [0.3, 0.4) is 0 Å². The normalized spacial score (nSPS) is 16.7. The van der Waals surface area contributed by atoms with Gasteiger partial charge in [0.15, 0.2) is 9.84 Å². The number of nitrogens with one attached hydrogen (secondary N) is 1. The van der Waals surface area contributed by atoms with Gasteiger partial charge in [-0.1, -0.05) is 6.92 Å². The highest BCUT2D eigenvalue weighted by atomic mass is 32.2. The van der Waals surface area contributed by atoms with Gasteiger partial charge in [0.25, 0.3) is 5.69 Å². The highest BCUT2D eigenvalue weighted by Crippen LogP contribution is 2.48. The van der Waals surface area contributed by atoms with E-state index >= 15 is 0 Å². The van der Waals surface area contributed by atoms with Crippen LogP contribution in [0.1, 0.15) is 26.2 Å². The van der Waals surface area contributed by atoms with Gasteiger partial charge in [0.1, 0.15) is 4.90 Å². The van der Waals surface area contributed by atoms with Crippen LogP contribution >= 0.6 is 0 Å². The van der Waals surface area contributed by atoms with Gasteiger partial charge in [-0.2, -0.15) is 0 Å². The molecule has 1 aromatic rings.